The van der Waals surface area contributed by atoms with Crippen molar-refractivity contribution < 1.29 is 44.0 Å². The Morgan fingerprint density at radius 2 is 1.56 bits per heavy atom. The van der Waals surface area contributed by atoms with Crippen LogP contribution in [0.5, 0.6) is 0 Å². The third-order valence-electron chi connectivity index (χ3n) is 5.52. The number of thiazole rings is 1. The highest BCUT2D eigenvalue weighted by molar-refractivity contribution is 7.18. The lowest BCUT2D eigenvalue weighted by atomic mass is 9.69. The number of carboxylic acids is 3. The maximum absolute atomic E-state index is 11.7. The fourth-order valence-corrected chi connectivity index (χ4v) is 5.35. The van der Waals surface area contributed by atoms with E-state index in [-0.39, 0.29) is 6.61 Å². The van der Waals surface area contributed by atoms with Crippen LogP contribution in [-0.4, -0.2) is 56.9 Å². The third-order valence-corrected chi connectivity index (χ3v) is 6.62. The summed E-state index contributed by atoms with van der Waals surface area (Å²) >= 11 is 1.30. The molecule has 1 aliphatic heterocycles. The van der Waals surface area contributed by atoms with Gasteiger partial charge in [-0.05, 0) is 18.1 Å². The van der Waals surface area contributed by atoms with Crippen LogP contribution in [-0.2, 0) is 28.7 Å². The molecule has 0 bridgehead atoms. The van der Waals surface area contributed by atoms with Gasteiger partial charge in [-0.25, -0.2) is 4.98 Å². The number of fused-ring (bicyclic) bond motifs is 1. The molecule has 5 atom stereocenters. The fraction of sp³-hybridized carbons (Fsp3) is 0.476. The van der Waals surface area contributed by atoms with Gasteiger partial charge in [0.2, 0.25) is 0 Å². The van der Waals surface area contributed by atoms with Crippen LogP contribution in [0.3, 0.4) is 0 Å². The fourth-order valence-electron chi connectivity index (χ4n) is 4.27. The number of carbonyl (C=O) groups excluding carboxylic acids is 1. The molecule has 0 amide bonds. The Labute approximate surface area is 186 Å². The van der Waals surface area contributed by atoms with E-state index in [0.29, 0.717) is 10.5 Å². The number of rotatable bonds is 9. The summed E-state index contributed by atoms with van der Waals surface area (Å²) in [4.78, 5) is 50.8. The van der Waals surface area contributed by atoms with Crippen molar-refractivity contribution in [1.82, 2.24) is 4.98 Å². The highest BCUT2D eigenvalue weighted by Gasteiger charge is 2.49. The van der Waals surface area contributed by atoms with Gasteiger partial charge in [-0.2, -0.15) is 0 Å². The number of aromatic nitrogens is 1. The Bertz CT molecular complexity index is 987. The van der Waals surface area contributed by atoms with Crippen LogP contribution in [0.15, 0.2) is 24.3 Å². The number of aliphatic carboxylic acids is 3. The van der Waals surface area contributed by atoms with Gasteiger partial charge in [-0.1, -0.05) is 12.1 Å². The first-order valence-electron chi connectivity index (χ1n) is 9.95. The van der Waals surface area contributed by atoms with Crippen LogP contribution in [0.4, 0.5) is 0 Å². The van der Waals surface area contributed by atoms with Crippen molar-refractivity contribution in [2.45, 2.75) is 38.4 Å². The molecule has 0 radical (unpaired) electrons. The molecule has 32 heavy (non-hydrogen) atoms. The quantitative estimate of drug-likeness (QED) is 0.469. The summed E-state index contributed by atoms with van der Waals surface area (Å²) < 4.78 is 12.1. The summed E-state index contributed by atoms with van der Waals surface area (Å²) in [6, 6.07) is 7.29. The Morgan fingerprint density at radius 1 is 0.969 bits per heavy atom. The van der Waals surface area contributed by atoms with Gasteiger partial charge in [-0.3, -0.25) is 19.2 Å². The lowest BCUT2D eigenvalue weighted by Gasteiger charge is -2.45. The second kappa shape index (κ2) is 10.0. The molecule has 3 N–H and O–H groups in total. The van der Waals surface area contributed by atoms with E-state index in [1.54, 1.807) is 6.07 Å². The Morgan fingerprint density at radius 3 is 2.16 bits per heavy atom. The van der Waals surface area contributed by atoms with E-state index in [0.717, 1.165) is 4.70 Å². The zero-order chi connectivity index (χ0) is 23.4. The van der Waals surface area contributed by atoms with Crippen LogP contribution >= 0.6 is 11.3 Å². The molecule has 1 saturated heterocycles. The molecule has 10 nitrogen and oxygen atoms in total. The van der Waals surface area contributed by atoms with E-state index in [4.69, 9.17) is 9.47 Å². The van der Waals surface area contributed by atoms with Gasteiger partial charge < -0.3 is 24.8 Å². The van der Waals surface area contributed by atoms with E-state index in [2.05, 4.69) is 4.98 Å². The molecule has 172 valence electrons. The van der Waals surface area contributed by atoms with E-state index in [9.17, 15) is 34.5 Å². The number of hydrogen-bond donors (Lipinski definition) is 3. The molecule has 11 heteroatoms. The lowest BCUT2D eigenvalue weighted by molar-refractivity contribution is -0.189. The van der Waals surface area contributed by atoms with Crippen LogP contribution in [0.2, 0.25) is 0 Å². The van der Waals surface area contributed by atoms with Crippen LogP contribution in [0, 0.1) is 17.8 Å². The molecule has 1 fully saturated rings. The number of carboxylic acid groups (broad SMARTS) is 3. The molecule has 2 aromatic rings. The zero-order valence-corrected chi connectivity index (χ0v) is 18.0. The Balaban J connectivity index is 2.07. The molecular weight excluding hydrogens is 442 g/mol. The van der Waals surface area contributed by atoms with Gasteiger partial charge in [0, 0.05) is 25.2 Å². The predicted molar refractivity (Wildman–Crippen MR) is 111 cm³/mol. The highest BCUT2D eigenvalue weighted by Crippen LogP contribution is 2.49. The lowest BCUT2D eigenvalue weighted by Crippen LogP contribution is -2.48. The smallest absolute Gasteiger partial charge is 0.303 e. The largest absolute Gasteiger partial charge is 0.481 e. The minimum Gasteiger partial charge on any atom is -0.481 e. The van der Waals surface area contributed by atoms with Crippen molar-refractivity contribution in [3.63, 3.8) is 0 Å². The van der Waals surface area contributed by atoms with Crippen LogP contribution < -0.4 is 0 Å². The summed E-state index contributed by atoms with van der Waals surface area (Å²) in [5.41, 5.74) is 0.684. The minimum absolute atomic E-state index is 0.273. The summed E-state index contributed by atoms with van der Waals surface area (Å²) in [5.74, 6) is -6.66. The maximum Gasteiger partial charge on any atom is 0.303 e. The monoisotopic (exact) mass is 465 g/mol. The zero-order valence-electron chi connectivity index (χ0n) is 17.2. The molecule has 3 rings (SSSR count). The molecule has 0 aliphatic carbocycles. The van der Waals surface area contributed by atoms with Crippen molar-refractivity contribution in [3.8, 4) is 0 Å². The summed E-state index contributed by atoms with van der Waals surface area (Å²) in [6.45, 7) is 0.923. The van der Waals surface area contributed by atoms with E-state index in [1.807, 2.05) is 18.2 Å². The number of para-hydroxylation sites is 1. The summed E-state index contributed by atoms with van der Waals surface area (Å²) in [7, 11) is 0. The van der Waals surface area contributed by atoms with Gasteiger partial charge in [0.25, 0.3) is 0 Å². The SMILES string of the molecule is CC(=O)OC[C@@H]1O[C@H](c2nc3ccccc3s2)[C@H](CC(=O)O)[C@@H](CC(=O)O)[C@@H]1CC(=O)O. The maximum atomic E-state index is 11.7. The second-order valence-electron chi connectivity index (χ2n) is 7.70. The van der Waals surface area contributed by atoms with E-state index < -0.39 is 73.1 Å². The van der Waals surface area contributed by atoms with Gasteiger partial charge in [-0.15, -0.1) is 11.3 Å². The van der Waals surface area contributed by atoms with Crippen molar-refractivity contribution in [2.75, 3.05) is 6.61 Å². The van der Waals surface area contributed by atoms with E-state index in [1.165, 1.54) is 18.3 Å². The highest BCUT2D eigenvalue weighted by atomic mass is 32.1. The minimum atomic E-state index is -1.19. The third kappa shape index (κ3) is 5.60. The topological polar surface area (TPSA) is 160 Å². The normalized spacial score (nSPS) is 25.3. The van der Waals surface area contributed by atoms with Gasteiger partial charge in [0.1, 0.15) is 17.7 Å². The number of esters is 1. The molecule has 1 aromatic carbocycles. The summed E-state index contributed by atoms with van der Waals surface area (Å²) in [5, 5.41) is 28.9. The molecule has 2 heterocycles. The first kappa shape index (κ1) is 23.6. The van der Waals surface area contributed by atoms with Crippen molar-refractivity contribution >= 4 is 45.4 Å². The average molecular weight is 465 g/mol. The van der Waals surface area contributed by atoms with Crippen molar-refractivity contribution in [2.24, 2.45) is 17.8 Å². The molecule has 0 spiro atoms. The first-order chi connectivity index (χ1) is 15.2. The standard InChI is InChI=1S/C21H23NO9S/c1-10(23)30-9-15-12(7-18(26)27)11(6-17(24)25)13(8-19(28)29)20(31-15)21-22-14-4-2-3-5-16(14)32-21/h2-5,11-13,15,20H,6-9H2,1H3,(H,24,25)(H,26,27)(H,28,29)/t11-,12-,13+,15-,20-/m0/s1. The van der Waals surface area contributed by atoms with Crippen molar-refractivity contribution in [1.29, 1.82) is 0 Å². The predicted octanol–water partition coefficient (Wildman–Crippen LogP) is 2.57. The first-order valence-corrected chi connectivity index (χ1v) is 10.8. The van der Waals surface area contributed by atoms with Gasteiger partial charge >= 0.3 is 23.9 Å². The van der Waals surface area contributed by atoms with Crippen LogP contribution in [0.25, 0.3) is 10.2 Å². The Hall–Kier alpha value is -3.05. The molecule has 1 aromatic heterocycles. The van der Waals surface area contributed by atoms with Gasteiger partial charge in [0.05, 0.1) is 29.2 Å². The van der Waals surface area contributed by atoms with E-state index >= 15 is 0 Å². The molecule has 1 aliphatic rings. The number of nitrogens with zero attached hydrogens (tertiary/aromatic N) is 1. The Kier molecular flexibility index (Phi) is 7.41. The summed E-state index contributed by atoms with van der Waals surface area (Å²) in [6.07, 6.45) is -3.14. The average Bonchev–Trinajstić information content (AvgIpc) is 3.12. The number of ether oxygens (including phenoxy) is 2. The number of hydrogen-bond acceptors (Lipinski definition) is 8. The molecule has 0 saturated carbocycles. The molecule has 0 unspecified atom stereocenters. The van der Waals surface area contributed by atoms with Crippen molar-refractivity contribution in [3.05, 3.63) is 29.3 Å². The van der Waals surface area contributed by atoms with Crippen LogP contribution in [0.1, 0.15) is 37.3 Å². The number of benzene rings is 1. The molecular formula is C21H23NO9S. The second-order valence-corrected chi connectivity index (χ2v) is 8.76. The number of carbonyl (C=O) groups is 4. The van der Waals surface area contributed by atoms with Gasteiger partial charge in [0.15, 0.2) is 0 Å².